The fourth-order valence-electron chi connectivity index (χ4n) is 21.6. The molecule has 4 aromatic carbocycles. The number of aromatic nitrogens is 16. The quantitative estimate of drug-likeness (QED) is 0.0439. The molecule has 1 amide bonds. The number of nitrogens with two attached hydrogens (primary N) is 1. The Morgan fingerprint density at radius 1 is 0.404 bits per heavy atom. The Morgan fingerprint density at radius 2 is 0.712 bits per heavy atom. The zero-order valence-electron chi connectivity index (χ0n) is 82.4. The summed E-state index contributed by atoms with van der Waals surface area (Å²) in [5, 5.41) is 61.4. The Morgan fingerprint density at radius 3 is 1.01 bits per heavy atom. The summed E-state index contributed by atoms with van der Waals surface area (Å²) in [5.74, 6) is 7.09. The summed E-state index contributed by atoms with van der Waals surface area (Å²) < 4.78 is 53.3. The molecule has 0 unspecified atom stereocenters. The molecular formula is C101H118Cl8N28O7S2. The highest BCUT2D eigenvalue weighted by Gasteiger charge is 2.43. The van der Waals surface area contributed by atoms with Crippen LogP contribution >= 0.6 is 92.8 Å². The monoisotopic (exact) mass is 2180 g/mol. The number of likely N-dealkylation sites (tertiary alicyclic amines) is 4. The molecule has 8 aliphatic heterocycles. The van der Waals surface area contributed by atoms with Gasteiger partial charge in [-0.1, -0.05) is 117 Å². The molecule has 3 N–H and O–H groups in total. The van der Waals surface area contributed by atoms with E-state index in [0.717, 1.165) is 219 Å². The number of nitriles is 3. The minimum absolute atomic E-state index is 0.104. The van der Waals surface area contributed by atoms with Crippen molar-refractivity contribution >= 4 is 192 Å². The summed E-state index contributed by atoms with van der Waals surface area (Å²) in [6.07, 6.45) is 20.3. The highest BCUT2D eigenvalue weighted by molar-refractivity contribution is 7.90. The summed E-state index contributed by atoms with van der Waals surface area (Å²) in [4.78, 5) is 78.2. The molecule has 8 saturated heterocycles. The number of carboxylic acid groups (broad SMARTS) is 1. The van der Waals surface area contributed by atoms with Gasteiger partial charge in [-0.15, -0.1) is 0 Å². The van der Waals surface area contributed by atoms with E-state index in [9.17, 15) is 42.2 Å². The topological polar surface area (TPSA) is 420 Å². The van der Waals surface area contributed by atoms with E-state index in [0.29, 0.717) is 141 Å². The lowest BCUT2D eigenvalue weighted by molar-refractivity contribution is -0.137. The number of rotatable bonds is 29. The molecule has 0 saturated carbocycles. The van der Waals surface area contributed by atoms with Gasteiger partial charge in [-0.2, -0.15) is 41.2 Å². The van der Waals surface area contributed by atoms with Crippen LogP contribution < -0.4 is 25.3 Å². The van der Waals surface area contributed by atoms with Crippen molar-refractivity contribution in [2.75, 3.05) is 175 Å². The summed E-state index contributed by atoms with van der Waals surface area (Å²) >= 11 is 50.2. The van der Waals surface area contributed by atoms with Crippen molar-refractivity contribution in [3.05, 3.63) is 183 Å². The molecule has 8 fully saturated rings. The number of aliphatic carboxylic acids is 1. The summed E-state index contributed by atoms with van der Waals surface area (Å²) in [6.45, 7) is 27.9. The molecule has 16 heterocycles. The molecular weight excluding hydrogens is 2070 g/mol. The maximum Gasteiger partial charge on any atom is 0.303 e. The van der Waals surface area contributed by atoms with Gasteiger partial charge in [0.1, 0.15) is 71.9 Å². The first-order valence-electron chi connectivity index (χ1n) is 49.6. The van der Waals surface area contributed by atoms with E-state index in [4.69, 9.17) is 129 Å². The maximum atomic E-state index is 11.6. The Kier molecular flexibility index (Phi) is 34.1. The third-order valence-electron chi connectivity index (χ3n) is 30.1. The number of benzene rings is 4. The third kappa shape index (κ3) is 25.0. The molecule has 772 valence electrons. The number of anilines is 4. The van der Waals surface area contributed by atoms with E-state index in [1.807, 2.05) is 68.9 Å². The number of amides is 1. The van der Waals surface area contributed by atoms with E-state index in [-0.39, 0.29) is 65.1 Å². The van der Waals surface area contributed by atoms with Crippen molar-refractivity contribution < 1.29 is 31.5 Å². The summed E-state index contributed by atoms with van der Waals surface area (Å²) in [7, 11) is -5.91. The lowest BCUT2D eigenvalue weighted by atomic mass is 9.80. The van der Waals surface area contributed by atoms with E-state index < -0.39 is 25.6 Å². The number of carbonyl (C=O) groups is 2. The van der Waals surface area contributed by atoms with E-state index in [1.165, 1.54) is 31.8 Å². The second-order valence-corrected chi connectivity index (χ2v) is 48.1. The van der Waals surface area contributed by atoms with Gasteiger partial charge < -0.3 is 50.0 Å². The molecule has 35 nitrogen and oxygen atoms in total. The number of sulfone groups is 2. The number of halogens is 8. The van der Waals surface area contributed by atoms with Crippen molar-refractivity contribution in [2.45, 2.75) is 129 Å². The number of aryl methyl sites for hydroxylation is 1. The Hall–Kier alpha value is -10.3. The SMILES string of the molecule is C[C@H](c1ccc(Cl)cc1Cl)n1nc(C#N)c2ncc(N3CC([C@@H]4CCCN(CCC(N)=O)C4)C3)nc21.C[C@H](c1ccc(Cl)cc1Cl)n1nc(C#N)c2ncc(N3CC([C@@H]4CCCN(CCS(C)(=O)=O)C4)C3)nc21.C[C@H](c1ccc(Cl)cc1Cl)n1nc(C#N)c2ncc(N3CC([C@H]4CCCN(CCS(C)(=O)=O)C4)C3)nc21.Cc1nn([C@H](C)c2ccc(Cl)cc2Cl)c2nc(N3CC([C@H]4CCCN(CCCC(=O)O)C4)C3)ncc12. The van der Waals surface area contributed by atoms with Crippen LogP contribution in [-0.4, -0.2) is 287 Å². The molecule has 0 spiro atoms. The van der Waals surface area contributed by atoms with Crippen LogP contribution in [0.1, 0.15) is 168 Å². The first-order valence-corrected chi connectivity index (χ1v) is 56.8. The maximum absolute atomic E-state index is 11.6. The minimum atomic E-state index is -2.95. The predicted molar refractivity (Wildman–Crippen MR) is 571 cm³/mol. The lowest BCUT2D eigenvalue weighted by Gasteiger charge is -2.47. The average Bonchev–Trinajstić information content (AvgIpc) is 1.65. The number of hydrogen-bond donors (Lipinski definition) is 2. The largest absolute Gasteiger partial charge is 0.481 e. The molecule has 0 radical (unpaired) electrons. The van der Waals surface area contributed by atoms with Crippen LogP contribution in [0.4, 0.5) is 23.4 Å². The van der Waals surface area contributed by atoms with Crippen LogP contribution in [0.15, 0.2) is 97.6 Å². The number of piperidine rings is 4. The molecule has 8 aromatic heterocycles. The van der Waals surface area contributed by atoms with Crippen LogP contribution in [0.3, 0.4) is 0 Å². The highest BCUT2D eigenvalue weighted by atomic mass is 35.5. The first kappa shape index (κ1) is 107. The van der Waals surface area contributed by atoms with Crippen LogP contribution in [0.2, 0.25) is 40.2 Å². The van der Waals surface area contributed by atoms with Gasteiger partial charge in [-0.3, -0.25) is 9.59 Å². The van der Waals surface area contributed by atoms with Crippen molar-refractivity contribution in [1.82, 2.24) is 98.6 Å². The number of hydrogen-bond acceptors (Lipinski definition) is 29. The van der Waals surface area contributed by atoms with Gasteiger partial charge in [0.2, 0.25) is 11.9 Å². The van der Waals surface area contributed by atoms with Crippen LogP contribution in [0, 0.1) is 88.3 Å². The first-order chi connectivity index (χ1) is 69.9. The van der Waals surface area contributed by atoms with Crippen LogP contribution in [-0.2, 0) is 29.3 Å². The molecule has 45 heteroatoms. The lowest BCUT2D eigenvalue weighted by Crippen LogP contribution is -2.54. The van der Waals surface area contributed by atoms with Crippen molar-refractivity contribution in [3.8, 4) is 18.2 Å². The van der Waals surface area contributed by atoms with Gasteiger partial charge in [0.25, 0.3) is 0 Å². The fourth-order valence-corrected chi connectivity index (χ4v) is 25.0. The van der Waals surface area contributed by atoms with Crippen LogP contribution in [0.5, 0.6) is 0 Å². The van der Waals surface area contributed by atoms with Gasteiger partial charge in [-0.25, -0.2) is 70.5 Å². The second kappa shape index (κ2) is 46.5. The van der Waals surface area contributed by atoms with Crippen molar-refractivity contribution in [3.63, 3.8) is 0 Å². The number of fused-ring (bicyclic) bond motifs is 4. The minimum Gasteiger partial charge on any atom is -0.481 e. The predicted octanol–water partition coefficient (Wildman–Crippen LogP) is 16.3. The molecule has 0 bridgehead atoms. The van der Waals surface area contributed by atoms with Gasteiger partial charge in [0.15, 0.2) is 39.7 Å². The van der Waals surface area contributed by atoms with Gasteiger partial charge >= 0.3 is 5.97 Å². The zero-order valence-corrected chi connectivity index (χ0v) is 90.1. The molecule has 0 aliphatic carbocycles. The van der Waals surface area contributed by atoms with E-state index in [1.54, 1.807) is 75.1 Å². The van der Waals surface area contributed by atoms with Crippen LogP contribution in [0.25, 0.3) is 44.5 Å². The fraction of sp³-hybridized carbons (Fsp3) is 0.515. The standard InChI is InChI=1S/C26H32Cl2N6O2.C25H28Cl2N8O.2C25H29Cl2N7O2S/c1-16-22-12-29-26(30-25(22)34(31-16)17(2)21-8-7-20(27)11-23(21)28)33-14-19(15-33)18-5-3-9-32(13-18)10-4-6-24(35)36;1-15(19-5-4-18(26)9-20(19)27)35-25-24(21(10-28)32-35)30-11-23(31-25)34-13-17(14-34)16-3-2-7-33(12-16)8-6-22(29)36;2*1-16(20-6-5-19(26)10-21(20)27)34-25-24(22(11-28)31-34)29-12-23(30-25)33-14-18(15-33)17-4-3-7-32(13-17)8-9-37(2,35)36/h7-8,11-12,17-19H,3-6,9-10,13-15H2,1-2H3,(H,35,36);4-5,9,11,15-17H,2-3,6-8,12-14H2,1H3,(H2,29,36);2*5-6,10,12,16-18H,3-4,7-9,13-15H2,1-2H3/t17-,18+;15-,16-;16-,17+;16-,17-/m1111/s1. The van der Waals surface area contributed by atoms with Crippen molar-refractivity contribution in [1.29, 1.82) is 15.8 Å². The summed E-state index contributed by atoms with van der Waals surface area (Å²) in [5.41, 5.74) is 14.2. The van der Waals surface area contributed by atoms with E-state index >= 15 is 0 Å². The smallest absolute Gasteiger partial charge is 0.303 e. The number of nitrogens with zero attached hydrogens (tertiary/aromatic N) is 27. The Bertz CT molecular complexity index is 6970. The highest BCUT2D eigenvalue weighted by Crippen LogP contribution is 2.43. The average molecular weight is 2180 g/mol. The molecule has 8 atom stereocenters. The van der Waals surface area contributed by atoms with Gasteiger partial charge in [-0.05, 0) is 243 Å². The van der Waals surface area contributed by atoms with Gasteiger partial charge in [0.05, 0.1) is 65.3 Å². The van der Waals surface area contributed by atoms with Gasteiger partial charge in [0, 0.05) is 170 Å². The number of carboxylic acids is 1. The van der Waals surface area contributed by atoms with Crippen molar-refractivity contribution in [2.24, 2.45) is 53.1 Å². The number of primary amides is 1. The molecule has 12 aromatic rings. The molecule has 8 aliphatic rings. The molecule has 146 heavy (non-hydrogen) atoms. The summed E-state index contributed by atoms with van der Waals surface area (Å²) in [6, 6.07) is 27.0. The second-order valence-electron chi connectivity index (χ2n) is 40.2. The van der Waals surface area contributed by atoms with E-state index in [2.05, 4.69) is 99.6 Å². The molecule has 20 rings (SSSR count). The Balaban J connectivity index is 0.000000133. The normalized spacial score (nSPS) is 20.0. The number of carbonyl (C=O) groups excluding carboxylic acids is 1. The third-order valence-corrected chi connectivity index (χ3v) is 34.1. The zero-order chi connectivity index (χ0) is 103. The Labute approximate surface area is 889 Å².